The Morgan fingerprint density at radius 2 is 1.61 bits per heavy atom. The van der Waals surface area contributed by atoms with Crippen molar-refractivity contribution in [3.63, 3.8) is 0 Å². The number of thiocarbonyl (C=S) groups is 1. The first-order chi connectivity index (χ1) is 11.0. The number of nitrogens with one attached hydrogen (secondary N) is 3. The summed E-state index contributed by atoms with van der Waals surface area (Å²) in [6, 6.07) is 14.2. The van der Waals surface area contributed by atoms with Crippen LogP contribution in [-0.4, -0.2) is 16.9 Å². The molecule has 0 aliphatic rings. The summed E-state index contributed by atoms with van der Waals surface area (Å²) in [7, 11) is 0. The van der Waals surface area contributed by atoms with E-state index in [1.54, 1.807) is 24.3 Å². The first-order valence-electron chi connectivity index (χ1n) is 6.70. The van der Waals surface area contributed by atoms with Gasteiger partial charge in [-0.15, -0.1) is 0 Å². The van der Waals surface area contributed by atoms with Crippen LogP contribution in [0.25, 0.3) is 0 Å². The van der Waals surface area contributed by atoms with Gasteiger partial charge in [0.25, 0.3) is 11.8 Å². The molecule has 0 aliphatic carbocycles. The van der Waals surface area contributed by atoms with Crippen LogP contribution >= 0.6 is 34.8 Å². The standard InChI is InChI=1S/C16H14IN3O2S/c1-10-6-8-11(9-7-10)14(21)19-20-16(23)18-15(22)12-4-2-3-5-13(12)17/h2-9H,1H3,(H,19,21)(H2,18,20,22,23). The van der Waals surface area contributed by atoms with Crippen LogP contribution in [0.3, 0.4) is 0 Å². The minimum atomic E-state index is -0.337. The van der Waals surface area contributed by atoms with Crippen LogP contribution in [0, 0.1) is 10.5 Å². The molecule has 0 radical (unpaired) electrons. The van der Waals surface area contributed by atoms with Crippen molar-refractivity contribution in [2.45, 2.75) is 6.92 Å². The van der Waals surface area contributed by atoms with Crippen LogP contribution in [-0.2, 0) is 0 Å². The number of aryl methyl sites for hydroxylation is 1. The summed E-state index contributed by atoms with van der Waals surface area (Å²) in [4.78, 5) is 24.0. The van der Waals surface area contributed by atoms with E-state index in [1.807, 2.05) is 31.2 Å². The molecule has 0 aliphatic heterocycles. The molecule has 3 N–H and O–H groups in total. The second-order valence-corrected chi connectivity index (χ2v) is 6.28. The van der Waals surface area contributed by atoms with Crippen LogP contribution in [0.15, 0.2) is 48.5 Å². The van der Waals surface area contributed by atoms with Gasteiger partial charge in [0, 0.05) is 9.13 Å². The van der Waals surface area contributed by atoms with E-state index in [4.69, 9.17) is 12.2 Å². The van der Waals surface area contributed by atoms with Crippen LogP contribution in [0.1, 0.15) is 26.3 Å². The Morgan fingerprint density at radius 1 is 0.957 bits per heavy atom. The zero-order valence-corrected chi connectivity index (χ0v) is 15.2. The molecule has 0 fully saturated rings. The SMILES string of the molecule is Cc1ccc(C(=O)NNC(=S)NC(=O)c2ccccc2I)cc1. The Labute approximate surface area is 153 Å². The van der Waals surface area contributed by atoms with Crippen molar-refractivity contribution in [2.24, 2.45) is 0 Å². The molecule has 0 aromatic heterocycles. The normalized spacial score (nSPS) is 9.83. The molecule has 0 spiro atoms. The second kappa shape index (κ2) is 8.02. The molecule has 0 heterocycles. The molecule has 0 saturated carbocycles. The maximum absolute atomic E-state index is 12.1. The van der Waals surface area contributed by atoms with Crippen molar-refractivity contribution >= 4 is 51.7 Å². The van der Waals surface area contributed by atoms with Crippen molar-refractivity contribution in [2.75, 3.05) is 0 Å². The molecular weight excluding hydrogens is 425 g/mol. The molecule has 2 aromatic carbocycles. The summed E-state index contributed by atoms with van der Waals surface area (Å²) in [5.41, 5.74) is 7.03. The van der Waals surface area contributed by atoms with Gasteiger partial charge < -0.3 is 0 Å². The summed E-state index contributed by atoms with van der Waals surface area (Å²) >= 11 is 7.07. The van der Waals surface area contributed by atoms with E-state index in [1.165, 1.54) is 0 Å². The lowest BCUT2D eigenvalue weighted by molar-refractivity contribution is 0.0934. The molecule has 23 heavy (non-hydrogen) atoms. The highest BCUT2D eigenvalue weighted by Crippen LogP contribution is 2.10. The number of carbonyl (C=O) groups is 2. The van der Waals surface area contributed by atoms with Gasteiger partial charge in [-0.2, -0.15) is 0 Å². The summed E-state index contributed by atoms with van der Waals surface area (Å²) in [6.45, 7) is 1.94. The summed E-state index contributed by atoms with van der Waals surface area (Å²) in [5.74, 6) is -0.673. The highest BCUT2D eigenvalue weighted by atomic mass is 127. The third-order valence-electron chi connectivity index (χ3n) is 2.95. The minimum Gasteiger partial charge on any atom is -0.298 e. The van der Waals surface area contributed by atoms with E-state index in [9.17, 15) is 9.59 Å². The molecular formula is C16H14IN3O2S. The van der Waals surface area contributed by atoms with Gasteiger partial charge in [-0.3, -0.25) is 25.8 Å². The predicted octanol–water partition coefficient (Wildman–Crippen LogP) is 2.55. The Kier molecular flexibility index (Phi) is 6.05. The number of carbonyl (C=O) groups excluding carboxylic acids is 2. The molecule has 0 bridgehead atoms. The van der Waals surface area contributed by atoms with Gasteiger partial charge in [0.15, 0.2) is 5.11 Å². The van der Waals surface area contributed by atoms with Gasteiger partial charge >= 0.3 is 0 Å². The highest BCUT2D eigenvalue weighted by molar-refractivity contribution is 14.1. The number of rotatable bonds is 2. The lowest BCUT2D eigenvalue weighted by atomic mass is 10.1. The number of hydrazine groups is 1. The predicted molar refractivity (Wildman–Crippen MR) is 101 cm³/mol. The number of halogens is 1. The van der Waals surface area contributed by atoms with Crippen LogP contribution in [0.5, 0.6) is 0 Å². The Morgan fingerprint density at radius 3 is 2.26 bits per heavy atom. The first-order valence-corrected chi connectivity index (χ1v) is 8.19. The monoisotopic (exact) mass is 439 g/mol. The van der Waals surface area contributed by atoms with E-state index in [0.29, 0.717) is 11.1 Å². The maximum atomic E-state index is 12.1. The fourth-order valence-corrected chi connectivity index (χ4v) is 2.51. The zero-order valence-electron chi connectivity index (χ0n) is 12.2. The largest absolute Gasteiger partial charge is 0.298 e. The topological polar surface area (TPSA) is 70.2 Å². The molecule has 0 saturated heterocycles. The molecule has 0 unspecified atom stereocenters. The van der Waals surface area contributed by atoms with Gasteiger partial charge in [-0.05, 0) is 66.0 Å². The smallest absolute Gasteiger partial charge is 0.269 e. The van der Waals surface area contributed by atoms with Crippen molar-refractivity contribution in [1.29, 1.82) is 0 Å². The van der Waals surface area contributed by atoms with Gasteiger partial charge in [-0.1, -0.05) is 29.8 Å². The van der Waals surface area contributed by atoms with E-state index in [-0.39, 0.29) is 16.9 Å². The van der Waals surface area contributed by atoms with Crippen molar-refractivity contribution < 1.29 is 9.59 Å². The van der Waals surface area contributed by atoms with Crippen molar-refractivity contribution in [3.8, 4) is 0 Å². The Balaban J connectivity index is 1.88. The summed E-state index contributed by atoms with van der Waals surface area (Å²) < 4.78 is 0.814. The average molecular weight is 439 g/mol. The van der Waals surface area contributed by atoms with Crippen LogP contribution < -0.4 is 16.2 Å². The molecule has 2 amide bonds. The van der Waals surface area contributed by atoms with Gasteiger partial charge in [0.2, 0.25) is 0 Å². The summed E-state index contributed by atoms with van der Waals surface area (Å²) in [5, 5.41) is 2.54. The average Bonchev–Trinajstić information content (AvgIpc) is 2.53. The lowest BCUT2D eigenvalue weighted by Gasteiger charge is -2.11. The molecule has 0 atom stereocenters. The second-order valence-electron chi connectivity index (χ2n) is 4.71. The molecule has 118 valence electrons. The molecule has 5 nitrogen and oxygen atoms in total. The maximum Gasteiger partial charge on any atom is 0.269 e. The number of benzene rings is 2. The van der Waals surface area contributed by atoms with Gasteiger partial charge in [-0.25, -0.2) is 0 Å². The third-order valence-corrected chi connectivity index (χ3v) is 4.09. The van der Waals surface area contributed by atoms with E-state index in [2.05, 4.69) is 38.8 Å². The Hall–Kier alpha value is -2.00. The van der Waals surface area contributed by atoms with E-state index in [0.717, 1.165) is 9.13 Å². The fourth-order valence-electron chi connectivity index (χ4n) is 1.74. The van der Waals surface area contributed by atoms with Crippen LogP contribution in [0.2, 0.25) is 0 Å². The molecule has 7 heteroatoms. The Bertz CT molecular complexity index is 747. The quantitative estimate of drug-likeness (QED) is 0.382. The number of hydrogen-bond acceptors (Lipinski definition) is 3. The van der Waals surface area contributed by atoms with Crippen molar-refractivity contribution in [3.05, 3.63) is 68.8 Å². The van der Waals surface area contributed by atoms with Crippen LogP contribution in [0.4, 0.5) is 0 Å². The summed E-state index contributed by atoms with van der Waals surface area (Å²) in [6.07, 6.45) is 0. The minimum absolute atomic E-state index is 0.0233. The van der Waals surface area contributed by atoms with Crippen molar-refractivity contribution in [1.82, 2.24) is 16.2 Å². The first kappa shape index (κ1) is 17.4. The molecule has 2 aromatic rings. The highest BCUT2D eigenvalue weighted by Gasteiger charge is 2.11. The van der Waals surface area contributed by atoms with Gasteiger partial charge in [0.1, 0.15) is 0 Å². The number of hydrogen-bond donors (Lipinski definition) is 3. The fraction of sp³-hybridized carbons (Fsp3) is 0.0625. The lowest BCUT2D eigenvalue weighted by Crippen LogP contribution is -2.48. The van der Waals surface area contributed by atoms with E-state index < -0.39 is 0 Å². The van der Waals surface area contributed by atoms with E-state index >= 15 is 0 Å². The number of amides is 2. The zero-order chi connectivity index (χ0) is 16.8. The third kappa shape index (κ3) is 5.00. The molecule has 2 rings (SSSR count). The van der Waals surface area contributed by atoms with Gasteiger partial charge in [0.05, 0.1) is 5.56 Å².